The van der Waals surface area contributed by atoms with Gasteiger partial charge in [0, 0.05) is 24.3 Å². The van der Waals surface area contributed by atoms with E-state index in [1.54, 1.807) is 0 Å². The molecular formula is C18H25NO3. The molecule has 0 bridgehead atoms. The zero-order chi connectivity index (χ0) is 16.5. The lowest BCUT2D eigenvalue weighted by molar-refractivity contribution is -0.126. The van der Waals surface area contributed by atoms with Crippen LogP contribution in [0.1, 0.15) is 61.4 Å². The maximum Gasteiger partial charge on any atom is 0.220 e. The number of amides is 1. The van der Waals surface area contributed by atoms with Crippen LogP contribution < -0.4 is 5.73 Å². The molecular weight excluding hydrogens is 278 g/mol. The number of rotatable bonds is 10. The van der Waals surface area contributed by atoms with Crippen LogP contribution >= 0.6 is 0 Å². The van der Waals surface area contributed by atoms with Gasteiger partial charge in [-0.2, -0.15) is 0 Å². The Morgan fingerprint density at radius 2 is 1.68 bits per heavy atom. The fourth-order valence-electron chi connectivity index (χ4n) is 2.43. The van der Waals surface area contributed by atoms with Crippen LogP contribution in [0.4, 0.5) is 0 Å². The van der Waals surface area contributed by atoms with E-state index < -0.39 is 5.91 Å². The molecule has 22 heavy (non-hydrogen) atoms. The van der Waals surface area contributed by atoms with E-state index in [2.05, 4.69) is 0 Å². The third-order valence-corrected chi connectivity index (χ3v) is 3.77. The Bertz CT molecular complexity index is 520. The van der Waals surface area contributed by atoms with Crippen molar-refractivity contribution in [2.24, 2.45) is 11.7 Å². The first-order valence-electron chi connectivity index (χ1n) is 7.78. The lowest BCUT2D eigenvalue weighted by Gasteiger charge is -2.11. The largest absolute Gasteiger partial charge is 0.369 e. The summed E-state index contributed by atoms with van der Waals surface area (Å²) >= 11 is 0. The Balaban J connectivity index is 2.27. The number of benzene rings is 1. The summed E-state index contributed by atoms with van der Waals surface area (Å²) in [6.07, 6.45) is 3.81. The average molecular weight is 303 g/mol. The molecule has 0 aliphatic heterocycles. The van der Waals surface area contributed by atoms with Crippen LogP contribution in [0.25, 0.3) is 0 Å². The van der Waals surface area contributed by atoms with Gasteiger partial charge in [0.1, 0.15) is 5.78 Å². The second-order valence-corrected chi connectivity index (χ2v) is 5.89. The second-order valence-electron chi connectivity index (χ2n) is 5.89. The summed E-state index contributed by atoms with van der Waals surface area (Å²) < 4.78 is 0. The number of nitrogens with two attached hydrogens (primary N) is 1. The molecule has 4 nitrogen and oxygen atoms in total. The Morgan fingerprint density at radius 1 is 1.05 bits per heavy atom. The number of hydrogen-bond donors (Lipinski definition) is 1. The molecule has 0 heterocycles. The highest BCUT2D eigenvalue weighted by atomic mass is 16.1. The Morgan fingerprint density at radius 3 is 2.23 bits per heavy atom. The van der Waals surface area contributed by atoms with Crippen molar-refractivity contribution in [3.05, 3.63) is 35.4 Å². The van der Waals surface area contributed by atoms with Crippen molar-refractivity contribution in [3.8, 4) is 0 Å². The molecule has 0 aliphatic rings. The second kappa shape index (κ2) is 9.13. The van der Waals surface area contributed by atoms with Crippen molar-refractivity contribution in [1.82, 2.24) is 0 Å². The number of carbonyl (C=O) groups is 3. The van der Waals surface area contributed by atoms with Gasteiger partial charge in [0.2, 0.25) is 5.91 Å². The molecule has 0 unspecified atom stereocenters. The van der Waals surface area contributed by atoms with Gasteiger partial charge in [-0.15, -0.1) is 0 Å². The zero-order valence-electron chi connectivity index (χ0n) is 13.4. The van der Waals surface area contributed by atoms with Gasteiger partial charge in [0.15, 0.2) is 5.78 Å². The minimum atomic E-state index is -0.411. The monoisotopic (exact) mass is 303 g/mol. The van der Waals surface area contributed by atoms with Gasteiger partial charge in [-0.3, -0.25) is 9.59 Å². The summed E-state index contributed by atoms with van der Waals surface area (Å²) in [5.41, 5.74) is 7.18. The van der Waals surface area contributed by atoms with Crippen molar-refractivity contribution in [2.45, 2.75) is 52.4 Å². The molecule has 120 valence electrons. The van der Waals surface area contributed by atoms with Crippen LogP contribution in [0.3, 0.4) is 0 Å². The van der Waals surface area contributed by atoms with Crippen LogP contribution in [-0.2, 0) is 9.59 Å². The number of ketones is 2. The van der Waals surface area contributed by atoms with Crippen molar-refractivity contribution < 1.29 is 14.4 Å². The molecule has 0 spiro atoms. The van der Waals surface area contributed by atoms with E-state index in [9.17, 15) is 14.4 Å². The van der Waals surface area contributed by atoms with Gasteiger partial charge in [-0.1, -0.05) is 42.7 Å². The summed E-state index contributed by atoms with van der Waals surface area (Å²) in [7, 11) is 0. The van der Waals surface area contributed by atoms with Gasteiger partial charge < -0.3 is 10.5 Å². The molecule has 1 atom stereocenters. The summed E-state index contributed by atoms with van der Waals surface area (Å²) in [5.74, 6) is -0.648. The van der Waals surface area contributed by atoms with Crippen LogP contribution in [0.15, 0.2) is 24.3 Å². The molecule has 1 rings (SSSR count). The molecule has 0 radical (unpaired) electrons. The minimum Gasteiger partial charge on any atom is -0.369 e. The number of aryl methyl sites for hydroxylation is 1. The molecule has 0 aromatic heterocycles. The maximum atomic E-state index is 12.0. The summed E-state index contributed by atoms with van der Waals surface area (Å²) in [6, 6.07) is 7.58. The third-order valence-electron chi connectivity index (χ3n) is 3.77. The van der Waals surface area contributed by atoms with Crippen molar-refractivity contribution in [2.75, 3.05) is 0 Å². The first-order valence-corrected chi connectivity index (χ1v) is 7.78. The highest BCUT2D eigenvalue weighted by Gasteiger charge is 2.16. The Kier molecular flexibility index (Phi) is 7.50. The Labute approximate surface area is 132 Å². The van der Waals surface area contributed by atoms with Gasteiger partial charge in [0.05, 0.1) is 0 Å². The molecule has 1 amide bonds. The van der Waals surface area contributed by atoms with E-state index >= 15 is 0 Å². The standard InChI is InChI=1S/C18H25NO3/c1-13-8-10-15(11-9-13)17(21)7-5-3-4-6-16(18(19)22)12-14(2)20/h8-11,16H,3-7,12H2,1-2H3,(H2,19,22)/t16-/m1/s1. The highest BCUT2D eigenvalue weighted by molar-refractivity contribution is 5.96. The SMILES string of the molecule is CC(=O)C[C@@H](CCCCCC(=O)c1ccc(C)cc1)C(N)=O. The number of carbonyl (C=O) groups excluding carboxylic acids is 3. The molecule has 2 N–H and O–H groups in total. The van der Waals surface area contributed by atoms with E-state index in [4.69, 9.17) is 5.73 Å². The Hall–Kier alpha value is -1.97. The van der Waals surface area contributed by atoms with Crippen molar-refractivity contribution in [1.29, 1.82) is 0 Å². The lowest BCUT2D eigenvalue weighted by Crippen LogP contribution is -2.25. The van der Waals surface area contributed by atoms with Gasteiger partial charge >= 0.3 is 0 Å². The predicted molar refractivity (Wildman–Crippen MR) is 86.6 cm³/mol. The molecule has 0 saturated heterocycles. The summed E-state index contributed by atoms with van der Waals surface area (Å²) in [6.45, 7) is 3.46. The maximum absolute atomic E-state index is 12.0. The van der Waals surface area contributed by atoms with Crippen LogP contribution in [0, 0.1) is 12.8 Å². The molecule has 0 fully saturated rings. The lowest BCUT2D eigenvalue weighted by atomic mass is 9.94. The van der Waals surface area contributed by atoms with Gasteiger partial charge in [-0.25, -0.2) is 0 Å². The number of primary amides is 1. The van der Waals surface area contributed by atoms with E-state index in [0.717, 1.165) is 30.4 Å². The molecule has 0 aliphatic carbocycles. The van der Waals surface area contributed by atoms with Gasteiger partial charge in [0.25, 0.3) is 0 Å². The van der Waals surface area contributed by atoms with Crippen LogP contribution in [0.2, 0.25) is 0 Å². The number of Topliss-reactive ketones (excluding diaryl/α,β-unsaturated/α-hetero) is 2. The number of unbranched alkanes of at least 4 members (excludes halogenated alkanes) is 2. The van der Waals surface area contributed by atoms with Crippen LogP contribution in [0.5, 0.6) is 0 Å². The highest BCUT2D eigenvalue weighted by Crippen LogP contribution is 2.16. The van der Waals surface area contributed by atoms with Crippen molar-refractivity contribution in [3.63, 3.8) is 0 Å². The van der Waals surface area contributed by atoms with E-state index in [1.165, 1.54) is 6.92 Å². The smallest absolute Gasteiger partial charge is 0.220 e. The van der Waals surface area contributed by atoms with E-state index in [-0.39, 0.29) is 23.9 Å². The van der Waals surface area contributed by atoms with E-state index in [0.29, 0.717) is 12.8 Å². The van der Waals surface area contributed by atoms with Crippen LogP contribution in [-0.4, -0.2) is 17.5 Å². The molecule has 4 heteroatoms. The fraction of sp³-hybridized carbons (Fsp3) is 0.500. The van der Waals surface area contributed by atoms with Crippen molar-refractivity contribution >= 4 is 17.5 Å². The molecule has 0 saturated carbocycles. The third kappa shape index (κ3) is 6.66. The molecule has 1 aromatic carbocycles. The van der Waals surface area contributed by atoms with E-state index in [1.807, 2.05) is 31.2 Å². The number of hydrogen-bond acceptors (Lipinski definition) is 3. The zero-order valence-corrected chi connectivity index (χ0v) is 13.4. The topological polar surface area (TPSA) is 77.2 Å². The normalized spacial score (nSPS) is 11.9. The predicted octanol–water partition coefficient (Wildman–Crippen LogP) is 3.21. The fourth-order valence-corrected chi connectivity index (χ4v) is 2.43. The summed E-state index contributed by atoms with van der Waals surface area (Å²) in [4.78, 5) is 34.3. The quantitative estimate of drug-likeness (QED) is 0.532. The first kappa shape index (κ1) is 18.1. The minimum absolute atomic E-state index is 0.0154. The molecule has 1 aromatic rings. The summed E-state index contributed by atoms with van der Waals surface area (Å²) in [5, 5.41) is 0. The first-order chi connectivity index (χ1) is 10.4. The average Bonchev–Trinajstić information content (AvgIpc) is 2.45. The van der Waals surface area contributed by atoms with Gasteiger partial charge in [-0.05, 0) is 26.7 Å².